The van der Waals surface area contributed by atoms with Gasteiger partial charge < -0.3 is 9.47 Å². The van der Waals surface area contributed by atoms with Crippen LogP contribution in [0.4, 0.5) is 0 Å². The smallest absolute Gasteiger partial charge is 0.316 e. The molecular formula is C18H23N3O4S. The van der Waals surface area contributed by atoms with Crippen LogP contribution >= 0.6 is 0 Å². The van der Waals surface area contributed by atoms with Crippen molar-refractivity contribution in [1.29, 1.82) is 0 Å². The zero-order valence-corrected chi connectivity index (χ0v) is 15.3. The highest BCUT2D eigenvalue weighted by molar-refractivity contribution is 7.89. The van der Waals surface area contributed by atoms with Gasteiger partial charge in [-0.3, -0.25) is 0 Å². The van der Waals surface area contributed by atoms with Crippen LogP contribution in [-0.4, -0.2) is 42.9 Å². The lowest BCUT2D eigenvalue weighted by molar-refractivity contribution is 0.132. The van der Waals surface area contributed by atoms with Gasteiger partial charge in [0.1, 0.15) is 18.5 Å². The fourth-order valence-electron chi connectivity index (χ4n) is 2.89. The molecule has 1 aromatic heterocycles. The molecular weight excluding hydrogens is 354 g/mol. The molecule has 1 N–H and O–H groups in total. The summed E-state index contributed by atoms with van der Waals surface area (Å²) >= 11 is 0. The van der Waals surface area contributed by atoms with E-state index in [2.05, 4.69) is 14.7 Å². The van der Waals surface area contributed by atoms with Crippen molar-refractivity contribution >= 4 is 10.0 Å². The van der Waals surface area contributed by atoms with Gasteiger partial charge in [-0.25, -0.2) is 23.1 Å². The first kappa shape index (κ1) is 18.6. The van der Waals surface area contributed by atoms with Crippen LogP contribution in [0.3, 0.4) is 0 Å². The molecule has 0 spiro atoms. The molecule has 1 heterocycles. The average Bonchev–Trinajstić information content (AvgIpc) is 2.65. The molecule has 3 rings (SSSR count). The second-order valence-electron chi connectivity index (χ2n) is 6.22. The Morgan fingerprint density at radius 3 is 2.38 bits per heavy atom. The van der Waals surface area contributed by atoms with Crippen LogP contribution in [0.15, 0.2) is 48.8 Å². The normalized spacial score (nSPS) is 20.5. The maximum Gasteiger partial charge on any atom is 0.316 e. The molecule has 0 bridgehead atoms. The molecule has 1 aliphatic rings. The summed E-state index contributed by atoms with van der Waals surface area (Å²) in [5, 5.41) is 0. The van der Waals surface area contributed by atoms with Gasteiger partial charge in [0, 0.05) is 18.4 Å². The molecule has 1 aliphatic carbocycles. The summed E-state index contributed by atoms with van der Waals surface area (Å²) in [6.07, 6.45) is 6.31. The molecule has 7 nitrogen and oxygen atoms in total. The lowest BCUT2D eigenvalue weighted by Gasteiger charge is -2.28. The Bertz CT molecular complexity index is 764. The molecule has 2 aromatic rings. The third-order valence-corrected chi connectivity index (χ3v) is 5.60. The van der Waals surface area contributed by atoms with Crippen LogP contribution in [0.1, 0.15) is 25.7 Å². The van der Waals surface area contributed by atoms with E-state index >= 15 is 0 Å². The van der Waals surface area contributed by atoms with Gasteiger partial charge in [0.05, 0.1) is 5.75 Å². The number of ether oxygens (including phenoxy) is 2. The first-order valence-electron chi connectivity index (χ1n) is 8.72. The number of rotatable bonds is 8. The summed E-state index contributed by atoms with van der Waals surface area (Å²) in [6.45, 7) is 0.128. The highest BCUT2D eigenvalue weighted by Gasteiger charge is 2.26. The van der Waals surface area contributed by atoms with Crippen LogP contribution in [-0.2, 0) is 10.0 Å². The summed E-state index contributed by atoms with van der Waals surface area (Å²) in [5.74, 6) is 0.611. The Morgan fingerprint density at radius 1 is 1.00 bits per heavy atom. The van der Waals surface area contributed by atoms with Crippen molar-refractivity contribution in [3.8, 4) is 11.8 Å². The van der Waals surface area contributed by atoms with E-state index in [0.717, 1.165) is 25.7 Å². The van der Waals surface area contributed by atoms with E-state index in [1.54, 1.807) is 30.6 Å². The van der Waals surface area contributed by atoms with Crippen LogP contribution in [0.2, 0.25) is 0 Å². The summed E-state index contributed by atoms with van der Waals surface area (Å²) in [4.78, 5) is 8.10. The molecule has 140 valence electrons. The van der Waals surface area contributed by atoms with Gasteiger partial charge >= 0.3 is 6.01 Å². The van der Waals surface area contributed by atoms with Gasteiger partial charge in [-0.1, -0.05) is 18.2 Å². The van der Waals surface area contributed by atoms with E-state index in [-0.39, 0.29) is 24.5 Å². The lowest BCUT2D eigenvalue weighted by Crippen LogP contribution is -2.41. The van der Waals surface area contributed by atoms with Gasteiger partial charge in [0.15, 0.2) is 0 Å². The predicted octanol–water partition coefficient (Wildman–Crippen LogP) is 2.17. The van der Waals surface area contributed by atoms with Gasteiger partial charge in [-0.2, -0.15) is 0 Å². The quantitative estimate of drug-likeness (QED) is 0.758. The van der Waals surface area contributed by atoms with E-state index in [1.807, 2.05) is 18.2 Å². The van der Waals surface area contributed by atoms with Crippen molar-refractivity contribution in [3.05, 3.63) is 48.8 Å². The number of nitrogens with zero attached hydrogens (tertiary/aromatic N) is 2. The summed E-state index contributed by atoms with van der Waals surface area (Å²) in [6, 6.07) is 11.2. The third-order valence-electron chi connectivity index (χ3n) is 4.20. The summed E-state index contributed by atoms with van der Waals surface area (Å²) in [5.41, 5.74) is 0. The largest absolute Gasteiger partial charge is 0.492 e. The number of hydrogen-bond donors (Lipinski definition) is 1. The number of aromatic nitrogens is 2. The molecule has 0 amide bonds. The molecule has 0 atom stereocenters. The van der Waals surface area contributed by atoms with Crippen molar-refractivity contribution in [1.82, 2.24) is 14.7 Å². The van der Waals surface area contributed by atoms with Crippen molar-refractivity contribution < 1.29 is 17.9 Å². The van der Waals surface area contributed by atoms with Gasteiger partial charge in [0.25, 0.3) is 0 Å². The van der Waals surface area contributed by atoms with Crippen LogP contribution in [0.25, 0.3) is 0 Å². The molecule has 1 fully saturated rings. The second kappa shape index (κ2) is 8.95. The van der Waals surface area contributed by atoms with Crippen LogP contribution in [0, 0.1) is 0 Å². The van der Waals surface area contributed by atoms with Crippen molar-refractivity contribution in [2.45, 2.75) is 37.8 Å². The van der Waals surface area contributed by atoms with Crippen LogP contribution < -0.4 is 14.2 Å². The Balaban J connectivity index is 1.39. The minimum Gasteiger partial charge on any atom is -0.492 e. The number of sulfonamides is 1. The van der Waals surface area contributed by atoms with Crippen molar-refractivity contribution in [3.63, 3.8) is 0 Å². The topological polar surface area (TPSA) is 90.4 Å². The van der Waals surface area contributed by atoms with Gasteiger partial charge in [-0.05, 0) is 43.9 Å². The standard InChI is InChI=1S/C18H23N3O4S/c22-26(23,14-13-24-16-5-2-1-3-6-16)21-15-7-9-17(10-8-15)25-18-19-11-4-12-20-18/h1-6,11-12,15,17,21H,7-10,13-14H2. The fraction of sp³-hybridized carbons (Fsp3) is 0.444. The van der Waals surface area contributed by atoms with E-state index in [9.17, 15) is 8.42 Å². The molecule has 0 saturated heterocycles. The molecule has 1 aromatic carbocycles. The molecule has 1 saturated carbocycles. The SMILES string of the molecule is O=S(=O)(CCOc1ccccc1)NC1CCC(Oc2ncccn2)CC1. The van der Waals surface area contributed by atoms with Crippen LogP contribution in [0.5, 0.6) is 11.8 Å². The molecule has 8 heteroatoms. The zero-order valence-electron chi connectivity index (χ0n) is 14.5. The van der Waals surface area contributed by atoms with E-state index in [0.29, 0.717) is 11.8 Å². The van der Waals surface area contributed by atoms with Crippen molar-refractivity contribution in [2.75, 3.05) is 12.4 Å². The number of benzene rings is 1. The minimum absolute atomic E-state index is 0.0274. The van der Waals surface area contributed by atoms with Gasteiger partial charge in [-0.15, -0.1) is 0 Å². The van der Waals surface area contributed by atoms with Crippen molar-refractivity contribution in [2.24, 2.45) is 0 Å². The lowest BCUT2D eigenvalue weighted by atomic mass is 9.94. The number of para-hydroxylation sites is 1. The Hall–Kier alpha value is -2.19. The molecule has 0 unspecified atom stereocenters. The highest BCUT2D eigenvalue weighted by Crippen LogP contribution is 2.22. The first-order chi connectivity index (χ1) is 12.6. The fourth-order valence-corrected chi connectivity index (χ4v) is 4.06. The average molecular weight is 377 g/mol. The monoisotopic (exact) mass is 377 g/mol. The number of hydrogen-bond acceptors (Lipinski definition) is 6. The Labute approximate surface area is 153 Å². The molecule has 0 radical (unpaired) electrons. The molecule has 26 heavy (non-hydrogen) atoms. The second-order valence-corrected chi connectivity index (χ2v) is 8.09. The third kappa shape index (κ3) is 5.96. The Kier molecular flexibility index (Phi) is 6.40. The summed E-state index contributed by atoms with van der Waals surface area (Å²) < 4.78 is 38.4. The Morgan fingerprint density at radius 2 is 1.69 bits per heavy atom. The summed E-state index contributed by atoms with van der Waals surface area (Å²) in [7, 11) is -3.37. The van der Waals surface area contributed by atoms with Gasteiger partial charge in [0.2, 0.25) is 10.0 Å². The maximum atomic E-state index is 12.2. The minimum atomic E-state index is -3.37. The maximum absolute atomic E-state index is 12.2. The molecule has 0 aliphatic heterocycles. The first-order valence-corrected chi connectivity index (χ1v) is 10.4. The predicted molar refractivity (Wildman–Crippen MR) is 97.6 cm³/mol. The van der Waals surface area contributed by atoms with E-state index in [1.165, 1.54) is 0 Å². The zero-order chi connectivity index (χ0) is 18.2. The number of nitrogens with one attached hydrogen (secondary N) is 1. The van der Waals surface area contributed by atoms with E-state index in [4.69, 9.17) is 9.47 Å². The van der Waals surface area contributed by atoms with E-state index < -0.39 is 10.0 Å². The highest BCUT2D eigenvalue weighted by atomic mass is 32.2.